The average molecular weight is 556 g/mol. The zero-order valence-corrected chi connectivity index (χ0v) is 22.2. The lowest BCUT2D eigenvalue weighted by Gasteiger charge is -2.47. The van der Waals surface area contributed by atoms with E-state index in [1.165, 1.54) is 23.5 Å². The molecule has 1 aliphatic rings. The lowest BCUT2D eigenvalue weighted by molar-refractivity contribution is -0.138. The number of hydrogen-bond donors (Lipinski definition) is 1. The van der Waals surface area contributed by atoms with E-state index in [-0.39, 0.29) is 12.0 Å². The van der Waals surface area contributed by atoms with Gasteiger partial charge in [0.15, 0.2) is 5.13 Å². The van der Waals surface area contributed by atoms with E-state index in [0.717, 1.165) is 50.1 Å². The number of aromatic nitrogens is 1. The Bertz CT molecular complexity index is 1260. The van der Waals surface area contributed by atoms with Crippen molar-refractivity contribution in [3.63, 3.8) is 0 Å². The number of nitrogens with zero attached hydrogens (tertiary/aromatic N) is 3. The van der Waals surface area contributed by atoms with Gasteiger partial charge in [-0.15, -0.1) is 0 Å². The molecule has 1 N–H and O–H groups in total. The molecule has 4 rings (SSSR count). The van der Waals surface area contributed by atoms with Crippen LogP contribution in [0.1, 0.15) is 37.3 Å². The number of fused-ring (bicyclic) bond motifs is 1. The van der Waals surface area contributed by atoms with E-state index >= 15 is 0 Å². The van der Waals surface area contributed by atoms with Crippen LogP contribution in [-0.4, -0.2) is 59.8 Å². The maximum Gasteiger partial charge on any atom is 0.416 e. The third-order valence-corrected chi connectivity index (χ3v) is 8.37. The number of anilines is 1. The van der Waals surface area contributed by atoms with Gasteiger partial charge in [0.05, 0.1) is 28.8 Å². The zero-order chi connectivity index (χ0) is 26.8. The minimum Gasteiger partial charge on any atom is -0.493 e. The topological polar surface area (TPSA) is 65.9 Å². The van der Waals surface area contributed by atoms with Crippen molar-refractivity contribution in [2.75, 3.05) is 38.2 Å². The summed E-state index contributed by atoms with van der Waals surface area (Å²) in [6.45, 7) is 4.88. The molecule has 37 heavy (non-hydrogen) atoms. The Morgan fingerprint density at radius 2 is 1.97 bits per heavy atom. The first-order chi connectivity index (χ1) is 17.5. The van der Waals surface area contributed by atoms with Crippen molar-refractivity contribution in [3.05, 3.63) is 52.5 Å². The van der Waals surface area contributed by atoms with Gasteiger partial charge >= 0.3 is 12.1 Å². The summed E-state index contributed by atoms with van der Waals surface area (Å²) in [5.74, 6) is -0.388. The maximum atomic E-state index is 13.1. The normalized spacial score (nSPS) is 15.9. The third-order valence-electron chi connectivity index (χ3n) is 7.08. The van der Waals surface area contributed by atoms with E-state index in [9.17, 15) is 18.0 Å². The van der Waals surface area contributed by atoms with Crippen molar-refractivity contribution in [3.8, 4) is 5.75 Å². The predicted octanol–water partition coefficient (Wildman–Crippen LogP) is 6.36. The Balaban J connectivity index is 1.42. The number of ether oxygens (including phenoxy) is 1. The number of carbonyl (C=O) groups is 1. The first-order valence-electron chi connectivity index (χ1n) is 12.1. The molecule has 2 heterocycles. The van der Waals surface area contributed by atoms with Crippen molar-refractivity contribution >= 4 is 44.3 Å². The van der Waals surface area contributed by atoms with Crippen molar-refractivity contribution in [2.45, 2.75) is 44.3 Å². The van der Waals surface area contributed by atoms with Crippen molar-refractivity contribution in [2.24, 2.45) is 0 Å². The fourth-order valence-corrected chi connectivity index (χ4v) is 6.14. The second-order valence-corrected chi connectivity index (χ2v) is 10.8. The summed E-state index contributed by atoms with van der Waals surface area (Å²) in [5, 5.41) is 10.2. The van der Waals surface area contributed by atoms with Gasteiger partial charge in [0.25, 0.3) is 0 Å². The Hall–Kier alpha value is -2.56. The van der Waals surface area contributed by atoms with E-state index < -0.39 is 17.7 Å². The zero-order valence-electron chi connectivity index (χ0n) is 20.6. The highest BCUT2D eigenvalue weighted by Gasteiger charge is 2.38. The number of carboxylic acids is 1. The predicted molar refractivity (Wildman–Crippen MR) is 140 cm³/mol. The molecule has 0 radical (unpaired) electrons. The minimum atomic E-state index is -4.38. The molecule has 0 atom stereocenters. The molecular weight excluding hydrogens is 527 g/mol. The number of rotatable bonds is 9. The lowest BCUT2D eigenvalue weighted by Crippen LogP contribution is -2.54. The van der Waals surface area contributed by atoms with Gasteiger partial charge in [0.1, 0.15) is 5.75 Å². The molecule has 6 nitrogen and oxygen atoms in total. The molecule has 0 aliphatic carbocycles. The molecular formula is C26H29ClF3N3O3S. The number of halogens is 4. The summed E-state index contributed by atoms with van der Waals surface area (Å²) in [5.41, 5.74) is 0.398. The van der Waals surface area contributed by atoms with E-state index in [2.05, 4.69) is 28.8 Å². The maximum absolute atomic E-state index is 13.1. The number of carboxylic acid groups (broad SMARTS) is 1. The van der Waals surface area contributed by atoms with Crippen LogP contribution in [0.4, 0.5) is 18.3 Å². The molecule has 0 bridgehead atoms. The molecule has 0 spiro atoms. The number of thiazole rings is 1. The van der Waals surface area contributed by atoms with Gasteiger partial charge < -0.3 is 19.6 Å². The van der Waals surface area contributed by atoms with Gasteiger partial charge in [-0.1, -0.05) is 29.9 Å². The standard InChI is InChI=1S/C26H29ClF3N3O3S/c1-3-32(2)25(8-11-36-20-13-17(14-23(34)35)12-19(27)16-20)6-9-33(10-7-25)24-31-21-5-4-18(26(28,29)30)15-22(21)37-24/h4-5,12-13,15-16H,3,6-11,14H2,1-2H3,(H,34,35). The third kappa shape index (κ3) is 6.48. The lowest BCUT2D eigenvalue weighted by atomic mass is 9.83. The SMILES string of the molecule is CCN(C)C1(CCOc2cc(Cl)cc(CC(=O)O)c2)CCN(c2nc3ccc(C(F)(F)F)cc3s2)CC1. The molecule has 1 aromatic heterocycles. The average Bonchev–Trinajstić information content (AvgIpc) is 3.26. The Labute approximate surface area is 222 Å². The van der Waals surface area contributed by atoms with Crippen LogP contribution in [-0.2, 0) is 17.4 Å². The van der Waals surface area contributed by atoms with Gasteiger partial charge in [-0.2, -0.15) is 13.2 Å². The number of aliphatic carboxylic acids is 1. The number of alkyl halides is 3. The highest BCUT2D eigenvalue weighted by molar-refractivity contribution is 7.22. The van der Waals surface area contributed by atoms with E-state index in [0.29, 0.717) is 33.2 Å². The first-order valence-corrected chi connectivity index (χ1v) is 13.3. The fraction of sp³-hybridized carbons (Fsp3) is 0.462. The fourth-order valence-electron chi connectivity index (χ4n) is 4.84. The van der Waals surface area contributed by atoms with Crippen molar-refractivity contribution < 1.29 is 27.8 Å². The molecule has 2 aromatic carbocycles. The second-order valence-electron chi connectivity index (χ2n) is 9.37. The quantitative estimate of drug-likeness (QED) is 0.332. The largest absolute Gasteiger partial charge is 0.493 e. The van der Waals surface area contributed by atoms with Crippen molar-refractivity contribution in [1.29, 1.82) is 0 Å². The smallest absolute Gasteiger partial charge is 0.416 e. The van der Waals surface area contributed by atoms with Crippen LogP contribution < -0.4 is 9.64 Å². The highest BCUT2D eigenvalue weighted by Crippen LogP contribution is 2.38. The molecule has 1 aliphatic heterocycles. The van der Waals surface area contributed by atoms with Gasteiger partial charge in [-0.25, -0.2) is 4.98 Å². The number of hydrogen-bond acceptors (Lipinski definition) is 6. The van der Waals surface area contributed by atoms with Gasteiger partial charge in [0.2, 0.25) is 0 Å². The van der Waals surface area contributed by atoms with Crippen molar-refractivity contribution in [1.82, 2.24) is 9.88 Å². The Morgan fingerprint density at radius 3 is 2.62 bits per heavy atom. The number of piperidine rings is 1. The summed E-state index contributed by atoms with van der Waals surface area (Å²) in [7, 11) is 2.09. The molecule has 1 fully saturated rings. The summed E-state index contributed by atoms with van der Waals surface area (Å²) in [6.07, 6.45) is -2.04. The van der Waals surface area contributed by atoms with Crippen LogP contribution in [0.5, 0.6) is 5.75 Å². The molecule has 0 amide bonds. The van der Waals surface area contributed by atoms with E-state index in [1.54, 1.807) is 18.2 Å². The minimum absolute atomic E-state index is 0.103. The van der Waals surface area contributed by atoms with E-state index in [4.69, 9.17) is 21.4 Å². The van der Waals surface area contributed by atoms with Crippen LogP contribution in [0.2, 0.25) is 5.02 Å². The van der Waals surface area contributed by atoms with Gasteiger partial charge in [0, 0.05) is 23.7 Å². The summed E-state index contributed by atoms with van der Waals surface area (Å²) >= 11 is 7.44. The Morgan fingerprint density at radius 1 is 1.24 bits per heavy atom. The second kappa shape index (κ2) is 11.0. The molecule has 3 aromatic rings. The molecule has 200 valence electrons. The monoisotopic (exact) mass is 555 g/mol. The van der Waals surface area contributed by atoms with Crippen LogP contribution in [0.25, 0.3) is 10.2 Å². The highest BCUT2D eigenvalue weighted by atomic mass is 35.5. The molecule has 0 unspecified atom stereocenters. The Kier molecular flexibility index (Phi) is 8.20. The molecule has 11 heteroatoms. The van der Waals surface area contributed by atoms with Gasteiger partial charge in [-0.3, -0.25) is 4.79 Å². The van der Waals surface area contributed by atoms with Crippen LogP contribution >= 0.6 is 22.9 Å². The van der Waals surface area contributed by atoms with E-state index in [1.807, 2.05) is 0 Å². The molecule has 1 saturated heterocycles. The van der Waals surface area contributed by atoms with Crippen LogP contribution in [0.15, 0.2) is 36.4 Å². The summed E-state index contributed by atoms with van der Waals surface area (Å²) in [6, 6.07) is 8.69. The van der Waals surface area contributed by atoms with Crippen LogP contribution in [0.3, 0.4) is 0 Å². The number of benzene rings is 2. The summed E-state index contributed by atoms with van der Waals surface area (Å²) < 4.78 is 45.8. The summed E-state index contributed by atoms with van der Waals surface area (Å²) in [4.78, 5) is 20.1. The van der Waals surface area contributed by atoms with Crippen LogP contribution in [0, 0.1) is 0 Å². The van der Waals surface area contributed by atoms with Gasteiger partial charge in [-0.05, 0) is 74.8 Å². The first kappa shape index (κ1) is 27.5. The molecule has 0 saturated carbocycles.